The smallest absolute Gasteiger partial charge is 0.0600 e. The molecule has 0 radical (unpaired) electrons. The molecule has 2 rings (SSSR count). The predicted octanol–water partition coefficient (Wildman–Crippen LogP) is 4.72. The van der Waals surface area contributed by atoms with E-state index in [1.54, 1.807) is 0 Å². The molecule has 0 aromatic heterocycles. The van der Waals surface area contributed by atoms with Gasteiger partial charge in [-0.05, 0) is 37.2 Å². The van der Waals surface area contributed by atoms with E-state index < -0.39 is 0 Å². The van der Waals surface area contributed by atoms with Gasteiger partial charge >= 0.3 is 0 Å². The van der Waals surface area contributed by atoms with Crippen LogP contribution in [0, 0.1) is 6.92 Å². The average Bonchev–Trinajstić information content (AvgIpc) is 2.36. The van der Waals surface area contributed by atoms with Gasteiger partial charge in [-0.15, -0.1) is 0 Å². The van der Waals surface area contributed by atoms with Gasteiger partial charge in [-0.3, -0.25) is 0 Å². The lowest BCUT2D eigenvalue weighted by atomic mass is 9.97. The van der Waals surface area contributed by atoms with Gasteiger partial charge < -0.3 is 5.32 Å². The maximum absolute atomic E-state index is 6.28. The van der Waals surface area contributed by atoms with Crippen LogP contribution in [0.25, 0.3) is 0 Å². The lowest BCUT2D eigenvalue weighted by molar-refractivity contribution is 0.688. The van der Waals surface area contributed by atoms with Crippen LogP contribution in [-0.4, -0.2) is 7.05 Å². The van der Waals surface area contributed by atoms with Crippen molar-refractivity contribution < 1.29 is 0 Å². The molecular weight excluding hydrogens is 310 g/mol. The Balaban J connectivity index is 2.52. The van der Waals surface area contributed by atoms with E-state index in [2.05, 4.69) is 52.4 Å². The Morgan fingerprint density at radius 3 is 2.50 bits per heavy atom. The van der Waals surface area contributed by atoms with E-state index in [1.807, 2.05) is 25.2 Å². The van der Waals surface area contributed by atoms with Crippen molar-refractivity contribution >= 4 is 27.5 Å². The molecule has 0 aliphatic heterocycles. The molecule has 0 bridgehead atoms. The van der Waals surface area contributed by atoms with Gasteiger partial charge in [0.05, 0.1) is 6.04 Å². The molecule has 1 atom stereocenters. The number of hydrogen-bond acceptors (Lipinski definition) is 1. The largest absolute Gasteiger partial charge is 0.309 e. The molecule has 0 fully saturated rings. The Kier molecular flexibility index (Phi) is 4.44. The van der Waals surface area contributed by atoms with Crippen molar-refractivity contribution in [1.82, 2.24) is 5.32 Å². The number of nitrogens with one attached hydrogen (secondary N) is 1. The third kappa shape index (κ3) is 2.77. The minimum absolute atomic E-state index is 0.0907. The number of aryl methyl sites for hydroxylation is 1. The number of hydrogen-bond donors (Lipinski definition) is 1. The molecule has 1 N–H and O–H groups in total. The first-order valence-corrected chi connectivity index (χ1v) is 6.98. The van der Waals surface area contributed by atoms with E-state index in [4.69, 9.17) is 11.6 Å². The predicted molar refractivity (Wildman–Crippen MR) is 81.2 cm³/mol. The number of benzene rings is 2. The zero-order valence-corrected chi connectivity index (χ0v) is 12.7. The molecule has 2 aromatic carbocycles. The summed E-state index contributed by atoms with van der Waals surface area (Å²) in [6, 6.07) is 14.4. The van der Waals surface area contributed by atoms with Crippen LogP contribution in [0.3, 0.4) is 0 Å². The normalized spacial score (nSPS) is 12.4. The van der Waals surface area contributed by atoms with Gasteiger partial charge in [0.2, 0.25) is 0 Å². The van der Waals surface area contributed by atoms with Crippen LogP contribution in [0.15, 0.2) is 46.9 Å². The summed E-state index contributed by atoms with van der Waals surface area (Å²) in [5, 5.41) is 4.11. The molecule has 0 spiro atoms. The molecule has 18 heavy (non-hydrogen) atoms. The Morgan fingerprint density at radius 1 is 1.11 bits per heavy atom. The maximum Gasteiger partial charge on any atom is 0.0600 e. The van der Waals surface area contributed by atoms with Crippen molar-refractivity contribution in [2.45, 2.75) is 13.0 Å². The van der Waals surface area contributed by atoms with Gasteiger partial charge in [-0.2, -0.15) is 0 Å². The SMILES string of the molecule is CNC(c1ccccc1Cl)c1cc(C)ccc1Br. The molecule has 1 nitrogen and oxygen atoms in total. The topological polar surface area (TPSA) is 12.0 Å². The zero-order chi connectivity index (χ0) is 13.1. The van der Waals surface area contributed by atoms with Crippen LogP contribution in [0.2, 0.25) is 5.02 Å². The second-order valence-corrected chi connectivity index (χ2v) is 5.53. The zero-order valence-electron chi connectivity index (χ0n) is 10.4. The van der Waals surface area contributed by atoms with Crippen molar-refractivity contribution in [3.63, 3.8) is 0 Å². The summed E-state index contributed by atoms with van der Waals surface area (Å²) >= 11 is 9.90. The highest BCUT2D eigenvalue weighted by molar-refractivity contribution is 9.10. The second-order valence-electron chi connectivity index (χ2n) is 4.27. The molecule has 2 aromatic rings. The van der Waals surface area contributed by atoms with Gasteiger partial charge in [0.1, 0.15) is 0 Å². The average molecular weight is 325 g/mol. The van der Waals surface area contributed by atoms with Crippen LogP contribution in [-0.2, 0) is 0 Å². The van der Waals surface area contributed by atoms with Crippen LogP contribution >= 0.6 is 27.5 Å². The fourth-order valence-electron chi connectivity index (χ4n) is 2.07. The van der Waals surface area contributed by atoms with Crippen molar-refractivity contribution in [2.24, 2.45) is 0 Å². The van der Waals surface area contributed by atoms with Crippen molar-refractivity contribution in [3.8, 4) is 0 Å². The molecule has 0 aliphatic rings. The van der Waals surface area contributed by atoms with Crippen molar-refractivity contribution in [1.29, 1.82) is 0 Å². The molecular formula is C15H15BrClN. The van der Waals surface area contributed by atoms with Crippen LogP contribution < -0.4 is 5.32 Å². The molecule has 0 saturated carbocycles. The van der Waals surface area contributed by atoms with Crippen LogP contribution in [0.1, 0.15) is 22.7 Å². The molecule has 1 unspecified atom stereocenters. The highest BCUT2D eigenvalue weighted by atomic mass is 79.9. The summed E-state index contributed by atoms with van der Waals surface area (Å²) in [5.41, 5.74) is 3.53. The number of halogens is 2. The minimum Gasteiger partial charge on any atom is -0.309 e. The fourth-order valence-corrected chi connectivity index (χ4v) is 2.79. The summed E-state index contributed by atoms with van der Waals surface area (Å²) in [4.78, 5) is 0. The van der Waals surface area contributed by atoms with Gasteiger partial charge in [0.25, 0.3) is 0 Å². The number of rotatable bonds is 3. The first kappa shape index (κ1) is 13.6. The summed E-state index contributed by atoms with van der Waals surface area (Å²) in [6.45, 7) is 2.09. The van der Waals surface area contributed by atoms with E-state index in [0.29, 0.717) is 0 Å². The molecule has 0 aliphatic carbocycles. The lowest BCUT2D eigenvalue weighted by Crippen LogP contribution is -2.18. The van der Waals surface area contributed by atoms with Gasteiger partial charge in [0.15, 0.2) is 0 Å². The van der Waals surface area contributed by atoms with E-state index in [1.165, 1.54) is 11.1 Å². The van der Waals surface area contributed by atoms with Gasteiger partial charge in [-0.25, -0.2) is 0 Å². The summed E-state index contributed by atoms with van der Waals surface area (Å²) in [5.74, 6) is 0. The highest BCUT2D eigenvalue weighted by Crippen LogP contribution is 2.32. The maximum atomic E-state index is 6.28. The van der Waals surface area contributed by atoms with Crippen molar-refractivity contribution in [3.05, 3.63) is 68.7 Å². The van der Waals surface area contributed by atoms with E-state index in [-0.39, 0.29) is 6.04 Å². The monoisotopic (exact) mass is 323 g/mol. The Labute approximate surface area is 121 Å². The first-order chi connectivity index (χ1) is 8.63. The van der Waals surface area contributed by atoms with Crippen LogP contribution in [0.5, 0.6) is 0 Å². The van der Waals surface area contributed by atoms with E-state index >= 15 is 0 Å². The highest BCUT2D eigenvalue weighted by Gasteiger charge is 2.17. The molecule has 3 heteroatoms. The Hall–Kier alpha value is -0.830. The molecule has 94 valence electrons. The van der Waals surface area contributed by atoms with E-state index in [0.717, 1.165) is 15.1 Å². The summed E-state index contributed by atoms with van der Waals surface area (Å²) in [7, 11) is 1.95. The second kappa shape index (κ2) is 5.87. The third-order valence-electron chi connectivity index (χ3n) is 2.97. The molecule has 0 amide bonds. The Morgan fingerprint density at radius 2 is 1.83 bits per heavy atom. The van der Waals surface area contributed by atoms with Gasteiger partial charge in [0, 0.05) is 9.50 Å². The first-order valence-electron chi connectivity index (χ1n) is 5.81. The third-order valence-corrected chi connectivity index (χ3v) is 4.03. The standard InChI is InChI=1S/C15H15BrClN/c1-10-7-8-13(16)12(9-10)15(18-2)11-5-3-4-6-14(11)17/h3-9,15,18H,1-2H3. The van der Waals surface area contributed by atoms with Crippen LogP contribution in [0.4, 0.5) is 0 Å². The van der Waals surface area contributed by atoms with Gasteiger partial charge in [-0.1, -0.05) is 63.4 Å². The summed E-state index contributed by atoms with van der Waals surface area (Å²) in [6.07, 6.45) is 0. The lowest BCUT2D eigenvalue weighted by Gasteiger charge is -2.20. The fraction of sp³-hybridized carbons (Fsp3) is 0.200. The van der Waals surface area contributed by atoms with Crippen molar-refractivity contribution in [2.75, 3.05) is 7.05 Å². The quantitative estimate of drug-likeness (QED) is 0.861. The van der Waals surface area contributed by atoms with E-state index in [9.17, 15) is 0 Å². The summed E-state index contributed by atoms with van der Waals surface area (Å²) < 4.78 is 1.09. The molecule has 0 heterocycles. The Bertz CT molecular complexity index is 554. The minimum atomic E-state index is 0.0907. The molecule has 0 saturated heterocycles.